The molecular weight excluding hydrogens is 392 g/mol. The second kappa shape index (κ2) is 7.02. The number of hydrogen-bond acceptors (Lipinski definition) is 5. The summed E-state index contributed by atoms with van der Waals surface area (Å²) in [7, 11) is 0. The van der Waals surface area contributed by atoms with Crippen molar-refractivity contribution in [3.8, 4) is 0 Å². The number of hydrogen-bond donors (Lipinski definition) is 1. The zero-order chi connectivity index (χ0) is 21.5. The minimum atomic E-state index is -0.544. The standard InChI is InChI=1S/C26H40O5/c1-23-8-9-26(30-12-13-31-26)15-18(23)4-5-19-20(23)6-7-24(2)21(19)14-17(16-27)22(24)25(3)28-10-11-29-25/h4,17,19-22,27H,5-16H2,1-3H3. The molecule has 174 valence electrons. The molecule has 1 N–H and O–H groups in total. The van der Waals surface area contributed by atoms with Gasteiger partial charge in [-0.1, -0.05) is 25.5 Å². The fourth-order valence-corrected chi connectivity index (χ4v) is 9.44. The maximum atomic E-state index is 10.4. The summed E-state index contributed by atoms with van der Waals surface area (Å²) >= 11 is 0. The number of aliphatic hydroxyl groups is 1. The monoisotopic (exact) mass is 432 g/mol. The molecule has 31 heavy (non-hydrogen) atoms. The van der Waals surface area contributed by atoms with Gasteiger partial charge < -0.3 is 24.1 Å². The smallest absolute Gasteiger partial charge is 0.172 e. The highest BCUT2D eigenvalue weighted by Gasteiger charge is 2.66. The number of aliphatic hydroxyl groups excluding tert-OH is 1. The molecule has 4 aliphatic carbocycles. The van der Waals surface area contributed by atoms with Gasteiger partial charge in [0.15, 0.2) is 11.6 Å². The van der Waals surface area contributed by atoms with Gasteiger partial charge in [0.1, 0.15) is 0 Å². The van der Waals surface area contributed by atoms with Crippen LogP contribution in [0.2, 0.25) is 0 Å². The van der Waals surface area contributed by atoms with Crippen molar-refractivity contribution in [3.63, 3.8) is 0 Å². The van der Waals surface area contributed by atoms with E-state index in [2.05, 4.69) is 26.8 Å². The number of fused-ring (bicyclic) bond motifs is 5. The summed E-state index contributed by atoms with van der Waals surface area (Å²) < 4.78 is 24.6. The molecule has 0 radical (unpaired) electrons. The molecule has 6 rings (SSSR count). The van der Waals surface area contributed by atoms with Gasteiger partial charge >= 0.3 is 0 Å². The molecule has 6 aliphatic rings. The Balaban J connectivity index is 1.32. The lowest BCUT2D eigenvalue weighted by Crippen LogP contribution is -2.54. The molecule has 1 spiro atoms. The fourth-order valence-electron chi connectivity index (χ4n) is 9.44. The SMILES string of the molecule is CC1(C2C(CO)CC3C4CC=C5CC6(CCC5(C)C4CCC32C)OCCO6)OCCO1. The van der Waals surface area contributed by atoms with Gasteiger partial charge in [-0.3, -0.25) is 0 Å². The van der Waals surface area contributed by atoms with Gasteiger partial charge in [0.25, 0.3) is 0 Å². The molecule has 3 saturated carbocycles. The van der Waals surface area contributed by atoms with Crippen molar-refractivity contribution < 1.29 is 24.1 Å². The molecule has 2 saturated heterocycles. The first kappa shape index (κ1) is 21.1. The quantitative estimate of drug-likeness (QED) is 0.660. The summed E-state index contributed by atoms with van der Waals surface area (Å²) in [4.78, 5) is 0. The van der Waals surface area contributed by atoms with Crippen molar-refractivity contribution in [2.45, 2.75) is 77.3 Å². The van der Waals surface area contributed by atoms with Crippen LogP contribution >= 0.6 is 0 Å². The summed E-state index contributed by atoms with van der Waals surface area (Å²) in [5.41, 5.74) is 2.03. The van der Waals surface area contributed by atoms with Crippen LogP contribution in [0.5, 0.6) is 0 Å². The first-order valence-electron chi connectivity index (χ1n) is 12.7. The topological polar surface area (TPSA) is 57.2 Å². The van der Waals surface area contributed by atoms with Crippen LogP contribution in [0.3, 0.4) is 0 Å². The summed E-state index contributed by atoms with van der Waals surface area (Å²) in [6.45, 7) is 10.2. The van der Waals surface area contributed by atoms with Gasteiger partial charge in [-0.15, -0.1) is 0 Å². The van der Waals surface area contributed by atoms with Crippen LogP contribution < -0.4 is 0 Å². The second-order valence-electron chi connectivity index (χ2n) is 12.0. The van der Waals surface area contributed by atoms with Crippen LogP contribution in [0, 0.1) is 40.4 Å². The van der Waals surface area contributed by atoms with Crippen molar-refractivity contribution in [3.05, 3.63) is 11.6 Å². The molecule has 5 nitrogen and oxygen atoms in total. The normalized spacial score (nSPS) is 50.1. The number of rotatable bonds is 2. The highest BCUT2D eigenvalue weighted by molar-refractivity contribution is 5.27. The van der Waals surface area contributed by atoms with Gasteiger partial charge in [-0.25, -0.2) is 0 Å². The Morgan fingerprint density at radius 1 is 0.935 bits per heavy atom. The van der Waals surface area contributed by atoms with Gasteiger partial charge in [0.2, 0.25) is 0 Å². The Morgan fingerprint density at radius 2 is 1.65 bits per heavy atom. The van der Waals surface area contributed by atoms with E-state index in [-0.39, 0.29) is 35.1 Å². The molecule has 5 fully saturated rings. The fraction of sp³-hybridized carbons (Fsp3) is 0.923. The lowest BCUT2D eigenvalue weighted by molar-refractivity contribution is -0.226. The summed E-state index contributed by atoms with van der Waals surface area (Å²) in [5.74, 6) is 1.70. The Labute approximate surface area is 186 Å². The molecule has 5 heteroatoms. The van der Waals surface area contributed by atoms with Crippen molar-refractivity contribution in [1.29, 1.82) is 0 Å². The highest BCUT2D eigenvalue weighted by Crippen LogP contribution is 2.69. The Hall–Kier alpha value is -0.460. The molecule has 2 heterocycles. The largest absolute Gasteiger partial charge is 0.396 e. The summed E-state index contributed by atoms with van der Waals surface area (Å²) in [6, 6.07) is 0. The van der Waals surface area contributed by atoms with Crippen molar-refractivity contribution in [2.24, 2.45) is 40.4 Å². The van der Waals surface area contributed by atoms with E-state index in [1.165, 1.54) is 19.3 Å². The van der Waals surface area contributed by atoms with E-state index >= 15 is 0 Å². The van der Waals surface area contributed by atoms with Crippen molar-refractivity contribution in [2.75, 3.05) is 33.0 Å². The number of allylic oxidation sites excluding steroid dienone is 1. The van der Waals surface area contributed by atoms with Crippen LogP contribution in [0.1, 0.15) is 65.7 Å². The van der Waals surface area contributed by atoms with Crippen LogP contribution in [0.4, 0.5) is 0 Å². The van der Waals surface area contributed by atoms with Gasteiger partial charge in [0, 0.05) is 25.4 Å². The maximum absolute atomic E-state index is 10.4. The molecule has 0 amide bonds. The van der Waals surface area contributed by atoms with Crippen LogP contribution in [-0.4, -0.2) is 49.7 Å². The maximum Gasteiger partial charge on any atom is 0.172 e. The third kappa shape index (κ3) is 2.86. The Kier molecular flexibility index (Phi) is 4.78. The first-order chi connectivity index (χ1) is 14.8. The third-order valence-electron chi connectivity index (χ3n) is 10.8. The van der Waals surface area contributed by atoms with Gasteiger partial charge in [0.05, 0.1) is 26.4 Å². The van der Waals surface area contributed by atoms with E-state index < -0.39 is 5.79 Å². The summed E-state index contributed by atoms with van der Waals surface area (Å²) in [6.07, 6.45) is 10.5. The molecule has 7 atom stereocenters. The predicted octanol–water partition coefficient (Wildman–Crippen LogP) is 4.29. The lowest BCUT2D eigenvalue weighted by Gasteiger charge is -2.59. The van der Waals surface area contributed by atoms with Gasteiger partial charge in [-0.05, 0) is 73.5 Å². The van der Waals surface area contributed by atoms with E-state index in [4.69, 9.17) is 18.9 Å². The molecule has 2 aliphatic heterocycles. The predicted molar refractivity (Wildman–Crippen MR) is 116 cm³/mol. The van der Waals surface area contributed by atoms with E-state index in [0.29, 0.717) is 25.0 Å². The van der Waals surface area contributed by atoms with Crippen LogP contribution in [-0.2, 0) is 18.9 Å². The molecule has 0 aromatic carbocycles. The Morgan fingerprint density at radius 3 is 2.35 bits per heavy atom. The molecule has 0 bridgehead atoms. The lowest BCUT2D eigenvalue weighted by atomic mass is 9.47. The van der Waals surface area contributed by atoms with E-state index in [9.17, 15) is 5.11 Å². The van der Waals surface area contributed by atoms with Gasteiger partial charge in [-0.2, -0.15) is 0 Å². The molecule has 7 unspecified atom stereocenters. The average molecular weight is 433 g/mol. The summed E-state index contributed by atoms with van der Waals surface area (Å²) in [5, 5.41) is 10.4. The Bertz CT molecular complexity index is 751. The zero-order valence-corrected chi connectivity index (χ0v) is 19.5. The second-order valence-corrected chi connectivity index (χ2v) is 12.0. The van der Waals surface area contributed by atoms with Crippen LogP contribution in [0.25, 0.3) is 0 Å². The van der Waals surface area contributed by atoms with E-state index in [1.54, 1.807) is 5.57 Å². The first-order valence-corrected chi connectivity index (χ1v) is 12.7. The van der Waals surface area contributed by atoms with E-state index in [1.807, 2.05) is 0 Å². The number of ether oxygens (including phenoxy) is 4. The molecule has 0 aromatic rings. The third-order valence-corrected chi connectivity index (χ3v) is 10.8. The van der Waals surface area contributed by atoms with Crippen LogP contribution in [0.15, 0.2) is 11.6 Å². The van der Waals surface area contributed by atoms with Crippen molar-refractivity contribution >= 4 is 0 Å². The molecule has 0 aromatic heterocycles. The zero-order valence-electron chi connectivity index (χ0n) is 19.5. The molecular formula is C26H40O5. The highest BCUT2D eigenvalue weighted by atomic mass is 16.7. The van der Waals surface area contributed by atoms with E-state index in [0.717, 1.165) is 44.8 Å². The minimum Gasteiger partial charge on any atom is -0.396 e. The van der Waals surface area contributed by atoms with Crippen molar-refractivity contribution in [1.82, 2.24) is 0 Å². The average Bonchev–Trinajstić information content (AvgIpc) is 3.46. The minimum absolute atomic E-state index is 0.170.